The molecule has 1 aromatic carbocycles. The number of nitrogens with one attached hydrogen (secondary N) is 1. The fourth-order valence-corrected chi connectivity index (χ4v) is 4.65. The molecule has 2 fully saturated rings. The van der Waals surface area contributed by atoms with Crippen molar-refractivity contribution in [3.8, 4) is 5.69 Å². The Labute approximate surface area is 169 Å². The lowest BCUT2D eigenvalue weighted by molar-refractivity contribution is 0.0691. The molecule has 1 aliphatic heterocycles. The molecule has 0 spiro atoms. The fourth-order valence-electron chi connectivity index (χ4n) is 4.65. The van der Waals surface area contributed by atoms with Gasteiger partial charge in [0.2, 0.25) is 0 Å². The van der Waals surface area contributed by atoms with Crippen molar-refractivity contribution in [2.24, 2.45) is 5.92 Å². The number of para-hydroxylation sites is 1. The number of benzene rings is 1. The molecule has 2 aliphatic rings. The Bertz CT molecular complexity index is 1030. The van der Waals surface area contributed by atoms with Crippen molar-refractivity contribution < 1.29 is 4.79 Å². The van der Waals surface area contributed by atoms with Gasteiger partial charge >= 0.3 is 0 Å². The van der Waals surface area contributed by atoms with Crippen LogP contribution in [0.15, 0.2) is 43.0 Å². The number of nitrogens with zero attached hydrogens (tertiary/aromatic N) is 6. The van der Waals surface area contributed by atoms with Crippen LogP contribution in [0.3, 0.4) is 0 Å². The third kappa shape index (κ3) is 3.14. The third-order valence-electron chi connectivity index (χ3n) is 5.94. The lowest BCUT2D eigenvalue weighted by Gasteiger charge is -2.34. The smallest absolute Gasteiger partial charge is 0.256 e. The highest BCUT2D eigenvalue weighted by atomic mass is 16.2. The van der Waals surface area contributed by atoms with Crippen LogP contribution in [0.2, 0.25) is 0 Å². The Morgan fingerprint density at radius 2 is 1.93 bits per heavy atom. The second-order valence-corrected chi connectivity index (χ2v) is 7.95. The zero-order valence-electron chi connectivity index (χ0n) is 16.5. The minimum absolute atomic E-state index is 0.0370. The molecule has 1 amide bonds. The first kappa shape index (κ1) is 17.8. The van der Waals surface area contributed by atoms with Crippen molar-refractivity contribution >= 4 is 11.7 Å². The lowest BCUT2D eigenvalue weighted by atomic mass is 10.0. The van der Waals surface area contributed by atoms with Gasteiger partial charge in [-0.2, -0.15) is 15.0 Å². The van der Waals surface area contributed by atoms with Crippen molar-refractivity contribution in [3.05, 3.63) is 59.8 Å². The molecule has 1 saturated heterocycles. The first-order valence-electron chi connectivity index (χ1n) is 9.92. The van der Waals surface area contributed by atoms with E-state index in [1.54, 1.807) is 24.8 Å². The molecule has 3 aromatic rings. The molecule has 8 nitrogen and oxygen atoms in total. The summed E-state index contributed by atoms with van der Waals surface area (Å²) in [6.07, 6.45) is 8.83. The topological polar surface area (TPSA) is 88.8 Å². The van der Waals surface area contributed by atoms with Gasteiger partial charge < -0.3 is 10.2 Å². The van der Waals surface area contributed by atoms with Gasteiger partial charge in [-0.15, -0.1) is 0 Å². The van der Waals surface area contributed by atoms with Gasteiger partial charge in [-0.25, -0.2) is 4.98 Å². The van der Waals surface area contributed by atoms with Gasteiger partial charge in [-0.3, -0.25) is 9.78 Å². The number of piperidine rings is 1. The predicted octanol–water partition coefficient (Wildman–Crippen LogP) is 2.39. The SMILES string of the molecule is Cc1cnc(NC2CC3CC2N(C(=O)c2cccc(C)c2-n2nccn2)C3)cn1. The van der Waals surface area contributed by atoms with E-state index in [4.69, 9.17) is 0 Å². The van der Waals surface area contributed by atoms with E-state index in [9.17, 15) is 4.79 Å². The summed E-state index contributed by atoms with van der Waals surface area (Å²) < 4.78 is 0. The summed E-state index contributed by atoms with van der Waals surface area (Å²) in [7, 11) is 0. The van der Waals surface area contributed by atoms with Gasteiger partial charge in [0.05, 0.1) is 42.1 Å². The number of anilines is 1. The number of likely N-dealkylation sites (tertiary alicyclic amines) is 1. The van der Waals surface area contributed by atoms with Crippen LogP contribution in [0, 0.1) is 19.8 Å². The van der Waals surface area contributed by atoms with Crippen molar-refractivity contribution in [2.75, 3.05) is 11.9 Å². The predicted molar refractivity (Wildman–Crippen MR) is 108 cm³/mol. The maximum atomic E-state index is 13.5. The Hall–Kier alpha value is -3.29. The summed E-state index contributed by atoms with van der Waals surface area (Å²) >= 11 is 0. The van der Waals surface area contributed by atoms with E-state index in [2.05, 4.69) is 25.5 Å². The molecule has 1 saturated carbocycles. The molecule has 29 heavy (non-hydrogen) atoms. The molecule has 2 aromatic heterocycles. The summed E-state index contributed by atoms with van der Waals surface area (Å²) in [5.74, 6) is 1.31. The summed E-state index contributed by atoms with van der Waals surface area (Å²) in [5.41, 5.74) is 3.25. The van der Waals surface area contributed by atoms with Crippen LogP contribution < -0.4 is 5.32 Å². The van der Waals surface area contributed by atoms with E-state index >= 15 is 0 Å². The normalized spacial score (nSPS) is 22.8. The van der Waals surface area contributed by atoms with Crippen LogP contribution in [0.5, 0.6) is 0 Å². The number of hydrogen-bond acceptors (Lipinski definition) is 6. The van der Waals surface area contributed by atoms with E-state index in [0.717, 1.165) is 42.1 Å². The zero-order chi connectivity index (χ0) is 20.0. The molecule has 148 valence electrons. The maximum absolute atomic E-state index is 13.5. The summed E-state index contributed by atoms with van der Waals surface area (Å²) in [6, 6.07) is 6.10. The van der Waals surface area contributed by atoms with Crippen LogP contribution in [-0.2, 0) is 0 Å². The highest BCUT2D eigenvalue weighted by Gasteiger charge is 2.47. The Morgan fingerprint density at radius 3 is 2.66 bits per heavy atom. The Morgan fingerprint density at radius 1 is 1.10 bits per heavy atom. The maximum Gasteiger partial charge on any atom is 0.256 e. The van der Waals surface area contributed by atoms with E-state index in [1.807, 2.05) is 36.9 Å². The van der Waals surface area contributed by atoms with Crippen LogP contribution in [0.4, 0.5) is 5.82 Å². The van der Waals surface area contributed by atoms with E-state index in [0.29, 0.717) is 11.5 Å². The molecular formula is C21H23N7O. The van der Waals surface area contributed by atoms with E-state index in [-0.39, 0.29) is 18.0 Å². The molecule has 1 N–H and O–H groups in total. The molecular weight excluding hydrogens is 366 g/mol. The van der Waals surface area contributed by atoms with Crippen LogP contribution in [0.1, 0.15) is 34.5 Å². The number of fused-ring (bicyclic) bond motifs is 2. The number of amides is 1. The molecule has 1 aliphatic carbocycles. The van der Waals surface area contributed by atoms with E-state index in [1.165, 1.54) is 4.80 Å². The summed E-state index contributed by atoms with van der Waals surface area (Å²) in [6.45, 7) is 4.69. The molecule has 2 bridgehead atoms. The lowest BCUT2D eigenvalue weighted by Crippen LogP contribution is -2.48. The van der Waals surface area contributed by atoms with Crippen LogP contribution in [0.25, 0.3) is 5.69 Å². The average molecular weight is 389 g/mol. The number of carbonyl (C=O) groups is 1. The van der Waals surface area contributed by atoms with Crippen LogP contribution >= 0.6 is 0 Å². The molecule has 8 heteroatoms. The average Bonchev–Trinajstić information content (AvgIpc) is 3.46. The number of aryl methyl sites for hydroxylation is 2. The second kappa shape index (κ2) is 6.95. The summed E-state index contributed by atoms with van der Waals surface area (Å²) in [4.78, 5) is 25.8. The minimum atomic E-state index is 0.0370. The Kier molecular flexibility index (Phi) is 4.26. The van der Waals surface area contributed by atoms with Crippen molar-refractivity contribution in [1.82, 2.24) is 29.9 Å². The molecule has 3 atom stereocenters. The monoisotopic (exact) mass is 389 g/mol. The fraction of sp³-hybridized carbons (Fsp3) is 0.381. The number of aromatic nitrogens is 5. The second-order valence-electron chi connectivity index (χ2n) is 7.95. The first-order chi connectivity index (χ1) is 14.1. The van der Waals surface area contributed by atoms with Crippen molar-refractivity contribution in [2.45, 2.75) is 38.8 Å². The third-order valence-corrected chi connectivity index (χ3v) is 5.94. The first-order valence-corrected chi connectivity index (χ1v) is 9.92. The van der Waals surface area contributed by atoms with Crippen molar-refractivity contribution in [1.29, 1.82) is 0 Å². The molecule has 0 radical (unpaired) electrons. The Balaban J connectivity index is 1.41. The summed E-state index contributed by atoms with van der Waals surface area (Å²) in [5, 5.41) is 12.0. The van der Waals surface area contributed by atoms with E-state index < -0.39 is 0 Å². The zero-order valence-corrected chi connectivity index (χ0v) is 16.5. The van der Waals surface area contributed by atoms with Gasteiger partial charge in [0.25, 0.3) is 5.91 Å². The number of rotatable bonds is 4. The van der Waals surface area contributed by atoms with Gasteiger partial charge in [-0.1, -0.05) is 12.1 Å². The van der Waals surface area contributed by atoms with Gasteiger partial charge in [-0.05, 0) is 44.2 Å². The molecule has 3 unspecified atom stereocenters. The highest BCUT2D eigenvalue weighted by Crippen LogP contribution is 2.40. The molecule has 5 rings (SSSR count). The van der Waals surface area contributed by atoms with Crippen LogP contribution in [-0.4, -0.2) is 54.4 Å². The van der Waals surface area contributed by atoms with Gasteiger partial charge in [0, 0.05) is 12.6 Å². The van der Waals surface area contributed by atoms with Gasteiger partial charge in [0.1, 0.15) is 11.5 Å². The van der Waals surface area contributed by atoms with Crippen molar-refractivity contribution in [3.63, 3.8) is 0 Å². The van der Waals surface area contributed by atoms with Gasteiger partial charge in [0.15, 0.2) is 0 Å². The number of hydrogen-bond donors (Lipinski definition) is 1. The quantitative estimate of drug-likeness (QED) is 0.737. The number of carbonyl (C=O) groups excluding carboxylic acids is 1. The minimum Gasteiger partial charge on any atom is -0.364 e. The highest BCUT2D eigenvalue weighted by molar-refractivity contribution is 5.98. The molecule has 3 heterocycles. The largest absolute Gasteiger partial charge is 0.364 e. The standard InChI is InChI=1S/C21H23N7O/c1-13-4-3-5-16(20(13)28-24-6-7-25-28)21(29)27-12-15-8-17(18(27)9-15)26-19-11-22-14(2)10-23-19/h3-7,10-11,15,17-18H,8-9,12H2,1-2H3,(H,23,26).